The molecule has 0 aromatic carbocycles. The summed E-state index contributed by atoms with van der Waals surface area (Å²) in [7, 11) is 0. The van der Waals surface area contributed by atoms with Crippen LogP contribution in [0.3, 0.4) is 0 Å². The summed E-state index contributed by atoms with van der Waals surface area (Å²) >= 11 is 0. The third kappa shape index (κ3) is 1.72. The monoisotopic (exact) mass is 390 g/mol. The van der Waals surface area contributed by atoms with Gasteiger partial charge in [-0.1, -0.05) is 20.3 Å². The van der Waals surface area contributed by atoms with Gasteiger partial charge in [-0.3, -0.25) is 4.79 Å². The average molecular weight is 391 g/mol. The number of fused-ring (bicyclic) bond motifs is 1. The fourth-order valence-electron chi connectivity index (χ4n) is 9.23. The van der Waals surface area contributed by atoms with Crippen LogP contribution in [-0.2, 0) is 19.0 Å². The first-order valence-electron chi connectivity index (χ1n) is 11.3. The third-order valence-electron chi connectivity index (χ3n) is 9.93. The Bertz CT molecular complexity index is 745. The lowest BCUT2D eigenvalue weighted by Gasteiger charge is -2.76. The second-order valence-electron chi connectivity index (χ2n) is 11.7. The summed E-state index contributed by atoms with van der Waals surface area (Å²) in [6.45, 7) is 9.35. The van der Waals surface area contributed by atoms with Gasteiger partial charge >= 0.3 is 0 Å². The van der Waals surface area contributed by atoms with Crippen molar-refractivity contribution in [1.82, 2.24) is 0 Å². The Hall–Kier alpha value is -0.490. The van der Waals surface area contributed by atoms with Crippen LogP contribution in [0, 0.1) is 39.9 Å². The maximum Gasteiger partial charge on any atom is 0.187 e. The normalized spacial score (nSPS) is 57.6. The molecule has 0 radical (unpaired) electrons. The highest BCUT2D eigenvalue weighted by atomic mass is 16.8. The molecule has 1 N–H and O–H groups in total. The van der Waals surface area contributed by atoms with E-state index < -0.39 is 17.0 Å². The number of hydrogen-bond donors (Lipinski definition) is 1. The molecule has 7 aliphatic rings. The van der Waals surface area contributed by atoms with Gasteiger partial charge in [-0.15, -0.1) is 0 Å². The molecular weight excluding hydrogens is 356 g/mol. The summed E-state index contributed by atoms with van der Waals surface area (Å²) < 4.78 is 19.9. The van der Waals surface area contributed by atoms with E-state index in [9.17, 15) is 9.90 Å². The molecule has 7 fully saturated rings. The first-order chi connectivity index (χ1) is 13.1. The van der Waals surface area contributed by atoms with E-state index in [4.69, 9.17) is 14.2 Å². The van der Waals surface area contributed by atoms with Crippen molar-refractivity contribution in [3.05, 3.63) is 0 Å². The smallest absolute Gasteiger partial charge is 0.187 e. The number of rotatable bonds is 1. The summed E-state index contributed by atoms with van der Waals surface area (Å²) in [4.78, 5) is 14.0. The zero-order chi connectivity index (χ0) is 19.7. The van der Waals surface area contributed by atoms with Crippen molar-refractivity contribution < 1.29 is 24.1 Å². The Morgan fingerprint density at radius 3 is 2.64 bits per heavy atom. The Morgan fingerprint density at radius 1 is 1.11 bits per heavy atom. The number of aliphatic hydroxyl groups is 1. The predicted molar refractivity (Wildman–Crippen MR) is 101 cm³/mol. The van der Waals surface area contributed by atoms with Crippen LogP contribution >= 0.6 is 0 Å². The van der Waals surface area contributed by atoms with Crippen molar-refractivity contribution in [2.24, 2.45) is 39.9 Å². The van der Waals surface area contributed by atoms with Crippen LogP contribution in [-0.4, -0.2) is 41.8 Å². The number of hydrogen-bond acceptors (Lipinski definition) is 5. The molecule has 4 bridgehead atoms. The topological polar surface area (TPSA) is 65.0 Å². The van der Waals surface area contributed by atoms with Gasteiger partial charge in [-0.2, -0.15) is 0 Å². The van der Waals surface area contributed by atoms with Crippen molar-refractivity contribution in [1.29, 1.82) is 0 Å². The lowest BCUT2D eigenvalue weighted by atomic mass is 9.37. The second-order valence-corrected chi connectivity index (χ2v) is 11.7. The van der Waals surface area contributed by atoms with Crippen LogP contribution < -0.4 is 0 Å². The van der Waals surface area contributed by atoms with Crippen LogP contribution in [0.15, 0.2) is 0 Å². The van der Waals surface area contributed by atoms with Crippen molar-refractivity contribution >= 4 is 5.78 Å². The third-order valence-corrected chi connectivity index (χ3v) is 9.93. The average Bonchev–Trinajstić information content (AvgIpc) is 2.75. The summed E-state index contributed by atoms with van der Waals surface area (Å²) in [5.41, 5.74) is -0.464. The summed E-state index contributed by atoms with van der Waals surface area (Å²) in [5.74, 6) is -1.01. The summed E-state index contributed by atoms with van der Waals surface area (Å²) in [5, 5.41) is 10.1. The fraction of sp³-hybridized carbons (Fsp3) is 0.957. The second kappa shape index (κ2) is 5.04. The van der Waals surface area contributed by atoms with Gasteiger partial charge in [0, 0.05) is 17.8 Å². The molecule has 0 amide bonds. The van der Waals surface area contributed by atoms with Crippen molar-refractivity contribution in [2.45, 2.75) is 83.9 Å². The molecule has 8 atom stereocenters. The molecule has 4 saturated carbocycles. The van der Waals surface area contributed by atoms with Gasteiger partial charge in [-0.05, 0) is 62.7 Å². The lowest BCUT2D eigenvalue weighted by molar-refractivity contribution is -0.509. The number of carbonyl (C=O) groups is 1. The van der Waals surface area contributed by atoms with Gasteiger partial charge in [0.15, 0.2) is 17.4 Å². The standard InChI is InChI=1S/C23H34O5/c1-19(2)8-5-9-21-12-26-22(10-16(19)21)23-15(21)7-6-13(14(11-24)17(23)25)18(23)27-20(3,4)28-22/h13-16,18,24H,5-12H2,1-4H3/t13-,14+,15-,16+,18+,21+,22-,23-/m0/s1. The van der Waals surface area contributed by atoms with E-state index in [0.29, 0.717) is 12.5 Å². The Kier molecular flexibility index (Phi) is 3.29. The van der Waals surface area contributed by atoms with E-state index in [1.165, 1.54) is 12.8 Å². The van der Waals surface area contributed by atoms with Crippen LogP contribution in [0.25, 0.3) is 0 Å². The Balaban J connectivity index is 1.61. The zero-order valence-electron chi connectivity index (χ0n) is 17.6. The predicted octanol–water partition coefficient (Wildman–Crippen LogP) is 3.28. The zero-order valence-corrected chi connectivity index (χ0v) is 17.6. The van der Waals surface area contributed by atoms with Crippen molar-refractivity contribution in [3.8, 4) is 0 Å². The van der Waals surface area contributed by atoms with E-state index in [1.54, 1.807) is 0 Å². The molecule has 7 rings (SSSR count). The van der Waals surface area contributed by atoms with Gasteiger partial charge in [0.2, 0.25) is 0 Å². The minimum atomic E-state index is -0.898. The SMILES string of the molecule is CC1(C)O[C@@H]2[C@H]3CC[C@H]4[C@]56CCCC(C)(C)[C@H]5C[C@](OC6)(O1)[C@@]24C(=O)[C@@H]3CO. The molecule has 0 unspecified atom stereocenters. The van der Waals surface area contributed by atoms with E-state index in [-0.39, 0.29) is 47.1 Å². The molecule has 3 spiro atoms. The van der Waals surface area contributed by atoms with Gasteiger partial charge in [0.25, 0.3) is 0 Å². The molecule has 156 valence electrons. The molecule has 0 aromatic rings. The summed E-state index contributed by atoms with van der Waals surface area (Å²) in [6, 6.07) is 0. The molecule has 28 heavy (non-hydrogen) atoms. The highest BCUT2D eigenvalue weighted by Crippen LogP contribution is 2.79. The van der Waals surface area contributed by atoms with E-state index in [1.807, 2.05) is 13.8 Å². The summed E-state index contributed by atoms with van der Waals surface area (Å²) in [6.07, 6.45) is 6.17. The Morgan fingerprint density at radius 2 is 1.89 bits per heavy atom. The molecule has 3 aliphatic heterocycles. The van der Waals surface area contributed by atoms with Gasteiger partial charge in [0.05, 0.1) is 19.3 Å². The van der Waals surface area contributed by atoms with E-state index in [2.05, 4.69) is 13.8 Å². The molecule has 5 heteroatoms. The Labute approximate surface area is 167 Å². The number of aliphatic hydroxyl groups excluding tert-OH is 1. The molecule has 0 aromatic heterocycles. The fourth-order valence-corrected chi connectivity index (χ4v) is 9.23. The van der Waals surface area contributed by atoms with Crippen LogP contribution in [0.5, 0.6) is 0 Å². The first-order valence-corrected chi connectivity index (χ1v) is 11.3. The van der Waals surface area contributed by atoms with E-state index in [0.717, 1.165) is 25.7 Å². The molecule has 5 nitrogen and oxygen atoms in total. The number of ketones is 1. The van der Waals surface area contributed by atoms with Gasteiger partial charge in [-0.25, -0.2) is 0 Å². The van der Waals surface area contributed by atoms with E-state index >= 15 is 0 Å². The molecular formula is C23H34O5. The quantitative estimate of drug-likeness (QED) is 0.744. The number of carbonyl (C=O) groups excluding carboxylic acids is 1. The first kappa shape index (κ1) is 18.3. The lowest BCUT2D eigenvalue weighted by Crippen LogP contribution is -2.82. The minimum absolute atomic E-state index is 0.0426. The molecule has 4 aliphatic carbocycles. The van der Waals surface area contributed by atoms with Crippen LogP contribution in [0.1, 0.15) is 66.2 Å². The highest BCUT2D eigenvalue weighted by molar-refractivity contribution is 5.93. The largest absolute Gasteiger partial charge is 0.396 e. The minimum Gasteiger partial charge on any atom is -0.396 e. The molecule has 3 saturated heterocycles. The molecule has 3 heterocycles. The number of ether oxygens (including phenoxy) is 3. The maximum atomic E-state index is 14.0. The van der Waals surface area contributed by atoms with Crippen LogP contribution in [0.4, 0.5) is 0 Å². The maximum absolute atomic E-state index is 14.0. The number of Topliss-reactive ketones (excluding diaryl/α,β-unsaturated/α-hetero) is 1. The van der Waals surface area contributed by atoms with Crippen LogP contribution in [0.2, 0.25) is 0 Å². The van der Waals surface area contributed by atoms with Crippen molar-refractivity contribution in [2.75, 3.05) is 13.2 Å². The van der Waals surface area contributed by atoms with Gasteiger partial charge < -0.3 is 19.3 Å². The van der Waals surface area contributed by atoms with Gasteiger partial charge in [0.1, 0.15) is 5.41 Å². The highest BCUT2D eigenvalue weighted by Gasteiger charge is 2.86. The van der Waals surface area contributed by atoms with Crippen molar-refractivity contribution in [3.63, 3.8) is 0 Å².